The molecule has 2 aliphatic rings. The molecule has 170 valence electrons. The first-order valence-electron chi connectivity index (χ1n) is 11.2. The molecule has 3 aromatic rings. The van der Waals surface area contributed by atoms with E-state index in [1.165, 1.54) is 0 Å². The normalized spacial score (nSPS) is 22.0. The number of alkyl carbamates (subject to hydrolysis) is 1. The lowest BCUT2D eigenvalue weighted by atomic mass is 9.86. The van der Waals surface area contributed by atoms with Gasteiger partial charge in [0.2, 0.25) is 11.7 Å². The van der Waals surface area contributed by atoms with Crippen molar-refractivity contribution < 1.29 is 18.8 Å². The molecule has 3 heterocycles. The van der Waals surface area contributed by atoms with Gasteiger partial charge in [0, 0.05) is 22.9 Å². The van der Waals surface area contributed by atoms with Crippen molar-refractivity contribution in [1.82, 2.24) is 25.2 Å². The van der Waals surface area contributed by atoms with Crippen LogP contribution in [0.3, 0.4) is 0 Å². The van der Waals surface area contributed by atoms with Crippen LogP contribution in [0.15, 0.2) is 28.9 Å². The highest BCUT2D eigenvalue weighted by atomic mass is 16.6. The number of carbonyl (C=O) groups excluding carboxylic acids is 1. The van der Waals surface area contributed by atoms with Crippen LogP contribution in [-0.2, 0) is 9.47 Å². The zero-order chi connectivity index (χ0) is 22.3. The van der Waals surface area contributed by atoms with Gasteiger partial charge >= 0.3 is 6.09 Å². The summed E-state index contributed by atoms with van der Waals surface area (Å²) in [5.41, 5.74) is 1.47. The highest BCUT2D eigenvalue weighted by Gasteiger charge is 2.29. The number of hydrogen-bond acceptors (Lipinski definition) is 7. The fraction of sp³-hybridized carbons (Fsp3) is 0.565. The van der Waals surface area contributed by atoms with Gasteiger partial charge in [-0.2, -0.15) is 10.1 Å². The summed E-state index contributed by atoms with van der Waals surface area (Å²) in [7, 11) is 0. The van der Waals surface area contributed by atoms with Crippen LogP contribution in [-0.4, -0.2) is 50.9 Å². The summed E-state index contributed by atoms with van der Waals surface area (Å²) in [4.78, 5) is 16.7. The highest BCUT2D eigenvalue weighted by molar-refractivity contribution is 5.83. The lowest BCUT2D eigenvalue weighted by Gasteiger charge is -2.28. The lowest BCUT2D eigenvalue weighted by Crippen LogP contribution is -2.40. The number of rotatable bonds is 4. The molecule has 2 fully saturated rings. The van der Waals surface area contributed by atoms with Crippen LogP contribution in [0.2, 0.25) is 0 Å². The van der Waals surface area contributed by atoms with Crippen molar-refractivity contribution in [2.24, 2.45) is 0 Å². The fourth-order valence-corrected chi connectivity index (χ4v) is 4.31. The molecule has 1 aliphatic carbocycles. The number of aromatic nitrogens is 4. The van der Waals surface area contributed by atoms with Gasteiger partial charge in [0.1, 0.15) is 5.60 Å². The molecular weight excluding hydrogens is 410 g/mol. The fourth-order valence-electron chi connectivity index (χ4n) is 4.31. The van der Waals surface area contributed by atoms with Gasteiger partial charge in [0.25, 0.3) is 0 Å². The summed E-state index contributed by atoms with van der Waals surface area (Å²) in [6.45, 7) is 6.98. The molecule has 1 saturated carbocycles. The van der Waals surface area contributed by atoms with E-state index in [4.69, 9.17) is 19.0 Å². The Morgan fingerprint density at radius 3 is 2.66 bits per heavy atom. The number of fused-ring (bicyclic) bond motifs is 1. The van der Waals surface area contributed by atoms with Gasteiger partial charge in [-0.1, -0.05) is 17.3 Å². The Kier molecular flexibility index (Phi) is 5.36. The monoisotopic (exact) mass is 439 g/mol. The second-order valence-corrected chi connectivity index (χ2v) is 9.71. The summed E-state index contributed by atoms with van der Waals surface area (Å²) in [5.74, 6) is 1.46. The standard InChI is InChI=1S/C23H29N5O4/c1-23(2,3)31-22(29)25-17-8-6-14(7-9-17)21-26-20(27-32-21)15-4-5-16-11-24-28(19(16)10-15)18-12-30-13-18/h4-5,10-11,14,17-18H,6-9,12-13H2,1-3H3,(H,25,29). The third-order valence-electron chi connectivity index (χ3n) is 6.06. The lowest BCUT2D eigenvalue weighted by molar-refractivity contribution is -0.0266. The maximum Gasteiger partial charge on any atom is 0.407 e. The summed E-state index contributed by atoms with van der Waals surface area (Å²) in [5, 5.41) is 12.8. The van der Waals surface area contributed by atoms with E-state index in [0.29, 0.717) is 24.9 Å². The second kappa shape index (κ2) is 8.20. The van der Waals surface area contributed by atoms with E-state index in [-0.39, 0.29) is 24.1 Å². The molecule has 0 unspecified atom stereocenters. The molecule has 1 N–H and O–H groups in total. The predicted molar refractivity (Wildman–Crippen MR) is 117 cm³/mol. The molecule has 5 rings (SSSR count). The average molecular weight is 440 g/mol. The van der Waals surface area contributed by atoms with Crippen LogP contribution in [0.4, 0.5) is 4.79 Å². The third kappa shape index (κ3) is 4.34. The smallest absolute Gasteiger partial charge is 0.407 e. The number of ether oxygens (including phenoxy) is 2. The van der Waals surface area contributed by atoms with Crippen LogP contribution >= 0.6 is 0 Å². The first-order chi connectivity index (χ1) is 15.4. The van der Waals surface area contributed by atoms with Crippen molar-refractivity contribution in [3.8, 4) is 11.4 Å². The van der Waals surface area contributed by atoms with E-state index in [1.54, 1.807) is 0 Å². The van der Waals surface area contributed by atoms with Gasteiger partial charge in [-0.25, -0.2) is 4.79 Å². The Hall–Kier alpha value is -2.94. The van der Waals surface area contributed by atoms with Crippen LogP contribution in [0.25, 0.3) is 22.3 Å². The van der Waals surface area contributed by atoms with Crippen molar-refractivity contribution in [2.75, 3.05) is 13.2 Å². The molecule has 0 spiro atoms. The van der Waals surface area contributed by atoms with E-state index in [1.807, 2.05) is 43.8 Å². The van der Waals surface area contributed by atoms with Gasteiger partial charge in [-0.3, -0.25) is 4.68 Å². The summed E-state index contributed by atoms with van der Waals surface area (Å²) in [6.07, 6.45) is 5.00. The number of carbonyl (C=O) groups is 1. The quantitative estimate of drug-likeness (QED) is 0.649. The van der Waals surface area contributed by atoms with Gasteiger partial charge in [0.15, 0.2) is 0 Å². The zero-order valence-corrected chi connectivity index (χ0v) is 18.7. The molecule has 1 aliphatic heterocycles. The molecule has 9 heteroatoms. The van der Waals surface area contributed by atoms with Crippen LogP contribution in [0, 0.1) is 0 Å². The molecule has 0 bridgehead atoms. The van der Waals surface area contributed by atoms with E-state index in [2.05, 4.69) is 21.6 Å². The maximum absolute atomic E-state index is 12.0. The van der Waals surface area contributed by atoms with Gasteiger partial charge < -0.3 is 19.3 Å². The minimum absolute atomic E-state index is 0.113. The Bertz CT molecular complexity index is 1100. The molecule has 32 heavy (non-hydrogen) atoms. The molecule has 1 saturated heterocycles. The van der Waals surface area contributed by atoms with E-state index >= 15 is 0 Å². The van der Waals surface area contributed by atoms with Gasteiger partial charge in [-0.05, 0) is 52.5 Å². The molecule has 9 nitrogen and oxygen atoms in total. The Balaban J connectivity index is 1.23. The summed E-state index contributed by atoms with van der Waals surface area (Å²) in [6, 6.07) is 6.51. The Morgan fingerprint density at radius 2 is 1.97 bits per heavy atom. The van der Waals surface area contributed by atoms with Crippen LogP contribution < -0.4 is 5.32 Å². The Labute approximate surface area is 186 Å². The predicted octanol–water partition coefficient (Wildman–Crippen LogP) is 4.21. The van der Waals surface area contributed by atoms with E-state index in [0.717, 1.165) is 42.1 Å². The average Bonchev–Trinajstić information content (AvgIpc) is 3.33. The largest absolute Gasteiger partial charge is 0.444 e. The number of benzene rings is 1. The van der Waals surface area contributed by atoms with Crippen molar-refractivity contribution in [3.63, 3.8) is 0 Å². The maximum atomic E-state index is 12.0. The van der Waals surface area contributed by atoms with E-state index < -0.39 is 5.60 Å². The first kappa shape index (κ1) is 20.9. The minimum atomic E-state index is -0.492. The molecule has 0 atom stereocenters. The Morgan fingerprint density at radius 1 is 1.19 bits per heavy atom. The van der Waals surface area contributed by atoms with Crippen molar-refractivity contribution >= 4 is 17.0 Å². The van der Waals surface area contributed by atoms with Crippen LogP contribution in [0.5, 0.6) is 0 Å². The molecule has 2 aromatic heterocycles. The van der Waals surface area contributed by atoms with Crippen molar-refractivity contribution in [2.45, 2.75) is 70.1 Å². The second-order valence-electron chi connectivity index (χ2n) is 9.71. The first-order valence-corrected chi connectivity index (χ1v) is 11.2. The van der Waals surface area contributed by atoms with Gasteiger partial charge in [0.05, 0.1) is 31.0 Å². The molecule has 0 radical (unpaired) electrons. The SMILES string of the molecule is CC(C)(C)OC(=O)NC1CCC(c2nc(-c3ccc4cnn(C5COC5)c4c3)no2)CC1. The van der Waals surface area contributed by atoms with Gasteiger partial charge in [-0.15, -0.1) is 0 Å². The zero-order valence-electron chi connectivity index (χ0n) is 18.7. The molecular formula is C23H29N5O4. The van der Waals surface area contributed by atoms with Crippen molar-refractivity contribution in [3.05, 3.63) is 30.3 Å². The van der Waals surface area contributed by atoms with Crippen LogP contribution in [0.1, 0.15) is 64.3 Å². The topological polar surface area (TPSA) is 104 Å². The summed E-state index contributed by atoms with van der Waals surface area (Å²) >= 11 is 0. The third-order valence-corrected chi connectivity index (χ3v) is 6.06. The molecule has 1 amide bonds. The highest BCUT2D eigenvalue weighted by Crippen LogP contribution is 2.34. The number of nitrogens with zero attached hydrogens (tertiary/aromatic N) is 4. The van der Waals surface area contributed by atoms with Crippen molar-refractivity contribution in [1.29, 1.82) is 0 Å². The number of nitrogens with one attached hydrogen (secondary N) is 1. The number of amides is 1. The minimum Gasteiger partial charge on any atom is -0.444 e. The molecule has 1 aromatic carbocycles. The summed E-state index contributed by atoms with van der Waals surface area (Å²) < 4.78 is 18.3. The number of hydrogen-bond donors (Lipinski definition) is 1. The van der Waals surface area contributed by atoms with E-state index in [9.17, 15) is 4.79 Å².